The van der Waals surface area contributed by atoms with E-state index in [0.29, 0.717) is 35.6 Å². The minimum Gasteiger partial charge on any atom is -0.496 e. The molecule has 1 aromatic heterocycles. The molecule has 0 aliphatic heterocycles. The molecule has 0 aliphatic rings. The van der Waals surface area contributed by atoms with Crippen LogP contribution in [0.1, 0.15) is 5.56 Å². The van der Waals surface area contributed by atoms with Gasteiger partial charge in [-0.15, -0.1) is 23.2 Å². The highest BCUT2D eigenvalue weighted by atomic mass is 35.5. The lowest BCUT2D eigenvalue weighted by Gasteiger charge is -2.23. The van der Waals surface area contributed by atoms with Crippen LogP contribution in [-0.2, 0) is 0 Å². The molecule has 1 heterocycles. The summed E-state index contributed by atoms with van der Waals surface area (Å²) in [6.45, 7) is 1.42. The van der Waals surface area contributed by atoms with Gasteiger partial charge in [0.2, 0.25) is 0 Å². The Morgan fingerprint density at radius 2 is 1.93 bits per heavy atom. The highest BCUT2D eigenvalue weighted by Gasteiger charge is 2.10. The number of aromatic nitrogens is 2. The Balaban J connectivity index is 1.92. The number of methoxy groups -OCH3 is 1. The van der Waals surface area contributed by atoms with E-state index < -0.39 is 0 Å². The minimum absolute atomic E-state index is 0.522. The van der Waals surface area contributed by atoms with E-state index in [0.717, 1.165) is 22.6 Å². The molecular formula is C21H21Cl3N4O. The van der Waals surface area contributed by atoms with E-state index in [-0.39, 0.29) is 0 Å². The Kier molecular flexibility index (Phi) is 7.81. The normalized spacial score (nSPS) is 11.2. The molecule has 3 aromatic rings. The van der Waals surface area contributed by atoms with E-state index in [4.69, 9.17) is 39.5 Å². The number of aliphatic imine (C=N–C) groups is 1. The monoisotopic (exact) mass is 450 g/mol. The van der Waals surface area contributed by atoms with Crippen LogP contribution in [0.2, 0.25) is 5.02 Å². The number of hydrogen-bond acceptors (Lipinski definition) is 4. The van der Waals surface area contributed by atoms with E-state index in [1.807, 2.05) is 47.2 Å². The summed E-state index contributed by atoms with van der Waals surface area (Å²) in [7, 11) is 1.64. The summed E-state index contributed by atoms with van der Waals surface area (Å²) in [6, 6.07) is 11.5. The lowest BCUT2D eigenvalue weighted by Crippen LogP contribution is -2.27. The number of hydrogen-bond donors (Lipinski definition) is 0. The van der Waals surface area contributed by atoms with Gasteiger partial charge in [0.25, 0.3) is 0 Å². The van der Waals surface area contributed by atoms with Gasteiger partial charge in [-0.1, -0.05) is 11.6 Å². The molecule has 0 fully saturated rings. The first-order valence-corrected chi connectivity index (χ1v) is 10.5. The van der Waals surface area contributed by atoms with Crippen LogP contribution in [0, 0.1) is 0 Å². The first-order valence-electron chi connectivity index (χ1n) is 9.03. The summed E-state index contributed by atoms with van der Waals surface area (Å²) in [6.07, 6.45) is 7.07. The topological polar surface area (TPSA) is 42.6 Å². The molecule has 0 aliphatic carbocycles. The predicted octanol–water partition coefficient (Wildman–Crippen LogP) is 5.57. The van der Waals surface area contributed by atoms with Crippen LogP contribution in [0.15, 0.2) is 60.1 Å². The van der Waals surface area contributed by atoms with E-state index in [1.165, 1.54) is 0 Å². The Bertz CT molecular complexity index is 955. The van der Waals surface area contributed by atoms with Crippen molar-refractivity contribution in [3.63, 3.8) is 0 Å². The van der Waals surface area contributed by atoms with Gasteiger partial charge in [0.15, 0.2) is 0 Å². The van der Waals surface area contributed by atoms with Crippen molar-refractivity contribution < 1.29 is 4.74 Å². The van der Waals surface area contributed by atoms with E-state index in [2.05, 4.69) is 14.9 Å². The van der Waals surface area contributed by atoms with Crippen molar-refractivity contribution in [3.05, 3.63) is 65.7 Å². The summed E-state index contributed by atoms with van der Waals surface area (Å²) >= 11 is 18.0. The second-order valence-corrected chi connectivity index (χ2v) is 7.34. The summed E-state index contributed by atoms with van der Waals surface area (Å²) in [5.41, 5.74) is 3.47. The van der Waals surface area contributed by atoms with Crippen LogP contribution in [0.3, 0.4) is 0 Å². The number of rotatable bonds is 9. The van der Waals surface area contributed by atoms with Crippen molar-refractivity contribution in [2.75, 3.05) is 36.9 Å². The van der Waals surface area contributed by atoms with Crippen LogP contribution in [0.25, 0.3) is 5.69 Å². The van der Waals surface area contributed by atoms with Gasteiger partial charge in [0, 0.05) is 65.8 Å². The smallest absolute Gasteiger partial charge is 0.129 e. The largest absolute Gasteiger partial charge is 0.496 e. The standard InChI is InChI=1S/C21H21Cl3N4O/c1-29-21-13-18(27(9-6-22)10-7-23)4-2-16(21)14-26-19-12-17(24)3-5-20(19)28-11-8-25-15-28/h2-5,8,11-15H,6-7,9-10H2,1H3. The van der Waals surface area contributed by atoms with Gasteiger partial charge >= 0.3 is 0 Å². The predicted molar refractivity (Wildman–Crippen MR) is 122 cm³/mol. The number of alkyl halides is 2. The number of benzene rings is 2. The minimum atomic E-state index is 0.522. The summed E-state index contributed by atoms with van der Waals surface area (Å²) in [5, 5.41) is 0.612. The van der Waals surface area contributed by atoms with Crippen molar-refractivity contribution >= 4 is 52.4 Å². The highest BCUT2D eigenvalue weighted by Crippen LogP contribution is 2.29. The van der Waals surface area contributed by atoms with Crippen molar-refractivity contribution in [2.45, 2.75) is 0 Å². The highest BCUT2D eigenvalue weighted by molar-refractivity contribution is 6.31. The van der Waals surface area contributed by atoms with Gasteiger partial charge < -0.3 is 14.2 Å². The number of nitrogens with zero attached hydrogens (tertiary/aromatic N) is 4. The Morgan fingerprint density at radius 3 is 2.59 bits per heavy atom. The van der Waals surface area contributed by atoms with Gasteiger partial charge in [-0.25, -0.2) is 4.98 Å². The van der Waals surface area contributed by atoms with E-state index in [1.54, 1.807) is 25.8 Å². The van der Waals surface area contributed by atoms with Crippen LogP contribution >= 0.6 is 34.8 Å². The lowest BCUT2D eigenvalue weighted by atomic mass is 10.1. The SMILES string of the molecule is COc1cc(N(CCCl)CCCl)ccc1C=Nc1cc(Cl)ccc1-n1ccnc1. The molecule has 0 saturated heterocycles. The molecular weight excluding hydrogens is 431 g/mol. The van der Waals surface area contributed by atoms with Crippen molar-refractivity contribution in [2.24, 2.45) is 4.99 Å². The molecule has 0 spiro atoms. The van der Waals surface area contributed by atoms with Crippen molar-refractivity contribution in [1.82, 2.24) is 9.55 Å². The maximum Gasteiger partial charge on any atom is 0.129 e. The van der Waals surface area contributed by atoms with Gasteiger partial charge in [0.05, 0.1) is 24.8 Å². The maximum atomic E-state index is 6.18. The zero-order chi connectivity index (χ0) is 20.6. The molecule has 0 amide bonds. The molecule has 0 unspecified atom stereocenters. The number of ether oxygens (including phenoxy) is 1. The average Bonchev–Trinajstić information content (AvgIpc) is 3.26. The molecule has 0 atom stereocenters. The molecule has 0 radical (unpaired) electrons. The average molecular weight is 452 g/mol. The van der Waals surface area contributed by atoms with Gasteiger partial charge in [-0.05, 0) is 30.3 Å². The Morgan fingerprint density at radius 1 is 1.14 bits per heavy atom. The number of halogens is 3. The first-order chi connectivity index (χ1) is 14.2. The quantitative estimate of drug-likeness (QED) is 0.315. The molecule has 2 aromatic carbocycles. The lowest BCUT2D eigenvalue weighted by molar-refractivity contribution is 0.414. The Hall–Kier alpha value is -2.21. The molecule has 152 valence electrons. The fraction of sp³-hybridized carbons (Fsp3) is 0.238. The van der Waals surface area contributed by atoms with E-state index in [9.17, 15) is 0 Å². The van der Waals surface area contributed by atoms with Crippen molar-refractivity contribution in [3.8, 4) is 11.4 Å². The summed E-state index contributed by atoms with van der Waals surface area (Å²) in [4.78, 5) is 10.9. The molecule has 5 nitrogen and oxygen atoms in total. The maximum absolute atomic E-state index is 6.18. The first kappa shape index (κ1) is 21.5. The zero-order valence-corrected chi connectivity index (χ0v) is 18.2. The van der Waals surface area contributed by atoms with E-state index >= 15 is 0 Å². The molecule has 0 N–H and O–H groups in total. The Labute approximate surface area is 185 Å². The molecule has 0 saturated carbocycles. The second-order valence-electron chi connectivity index (χ2n) is 6.15. The third-order valence-electron chi connectivity index (χ3n) is 4.35. The van der Waals surface area contributed by atoms with Crippen LogP contribution in [0.5, 0.6) is 5.75 Å². The van der Waals surface area contributed by atoms with Crippen LogP contribution in [-0.4, -0.2) is 47.7 Å². The zero-order valence-electron chi connectivity index (χ0n) is 15.9. The van der Waals surface area contributed by atoms with Gasteiger partial charge in [-0.3, -0.25) is 4.99 Å². The number of imidazole rings is 1. The third-order valence-corrected chi connectivity index (χ3v) is 4.93. The second kappa shape index (κ2) is 10.5. The van der Waals surface area contributed by atoms with Crippen LogP contribution in [0.4, 0.5) is 11.4 Å². The molecule has 3 rings (SSSR count). The third kappa shape index (κ3) is 5.44. The fourth-order valence-electron chi connectivity index (χ4n) is 2.94. The summed E-state index contributed by atoms with van der Waals surface area (Å²) in [5.74, 6) is 1.76. The summed E-state index contributed by atoms with van der Waals surface area (Å²) < 4.78 is 7.47. The molecule has 0 bridgehead atoms. The molecule has 29 heavy (non-hydrogen) atoms. The van der Waals surface area contributed by atoms with Gasteiger partial charge in [0.1, 0.15) is 5.75 Å². The number of anilines is 1. The van der Waals surface area contributed by atoms with Crippen molar-refractivity contribution in [1.29, 1.82) is 0 Å². The fourth-order valence-corrected chi connectivity index (χ4v) is 3.51. The van der Waals surface area contributed by atoms with Crippen LogP contribution < -0.4 is 9.64 Å². The van der Waals surface area contributed by atoms with Gasteiger partial charge in [-0.2, -0.15) is 0 Å². The molecule has 8 heteroatoms.